The molecule has 1 heterocycles. The van der Waals surface area contributed by atoms with E-state index in [9.17, 15) is 0 Å². The summed E-state index contributed by atoms with van der Waals surface area (Å²) >= 11 is 0. The molecule has 0 N–H and O–H groups in total. The topological polar surface area (TPSA) is 8.17 Å². The Labute approximate surface area is 358 Å². The molecule has 0 fully saturated rings. The highest BCUT2D eigenvalue weighted by Gasteiger charge is 2.33. The fourth-order valence-corrected chi connectivity index (χ4v) is 13.1. The number of fused-ring (bicyclic) bond motifs is 4. The number of nitrogens with zero attached hydrogens (tertiary/aromatic N) is 2. The summed E-state index contributed by atoms with van der Waals surface area (Å²) in [4.78, 5) is 7.58. The van der Waals surface area contributed by atoms with Gasteiger partial charge in [0.05, 0.1) is 11.0 Å². The molecular formula is C58H42N2S. The van der Waals surface area contributed by atoms with Crippen molar-refractivity contribution in [1.82, 2.24) is 4.57 Å². The number of para-hydroxylation sites is 2. The van der Waals surface area contributed by atoms with E-state index in [0.717, 1.165) is 22.7 Å². The van der Waals surface area contributed by atoms with Crippen molar-refractivity contribution < 1.29 is 0 Å². The van der Waals surface area contributed by atoms with Crippen LogP contribution >= 0.6 is 10.0 Å². The molecule has 3 heteroatoms. The van der Waals surface area contributed by atoms with E-state index in [-0.39, 0.29) is 0 Å². The molecule has 0 saturated heterocycles. The number of rotatable bonds is 9. The summed E-state index contributed by atoms with van der Waals surface area (Å²) in [5.74, 6) is 0. The lowest BCUT2D eigenvalue weighted by Gasteiger charge is -2.42. The van der Waals surface area contributed by atoms with Crippen molar-refractivity contribution in [2.45, 2.75) is 19.6 Å². The first-order valence-electron chi connectivity index (χ1n) is 20.8. The van der Waals surface area contributed by atoms with Gasteiger partial charge in [-0.15, -0.1) is 10.0 Å². The Morgan fingerprint density at radius 2 is 0.754 bits per heavy atom. The Bertz CT molecular complexity index is 3130. The van der Waals surface area contributed by atoms with E-state index in [1.54, 1.807) is 0 Å². The standard InChI is InChI=1S/C58H42N2S/c1-4-21-49(22-5-1)61(50-23-6-2-7-24-50,51-25-8-3-9-26-51)52-27-17-20-48(42-52)59(45-36-34-44(35-37-45)54-31-16-19-43-18-10-11-28-53(43)54)46-38-40-47(41-39-46)60-57-32-14-12-29-55(57)56-30-13-15-33-58(56)60/h1-42H. The van der Waals surface area contributed by atoms with Gasteiger partial charge >= 0.3 is 0 Å². The summed E-state index contributed by atoms with van der Waals surface area (Å²) in [5.41, 5.74) is 9.22. The number of aromatic nitrogens is 1. The molecule has 0 amide bonds. The summed E-state index contributed by atoms with van der Waals surface area (Å²) in [6.07, 6.45) is 0. The molecule has 1 aromatic heterocycles. The third-order valence-electron chi connectivity index (χ3n) is 11.9. The SMILES string of the molecule is c1ccc(S(c2ccccc2)(c2ccccc2)c2cccc(N(c3ccc(-c4cccc5ccccc45)cc3)c3ccc(-n4c5ccccc5c5ccccc54)cc3)c2)cc1. The van der Waals surface area contributed by atoms with Crippen molar-refractivity contribution in [3.63, 3.8) is 0 Å². The first-order chi connectivity index (χ1) is 30.3. The Hall–Kier alpha value is -7.59. The van der Waals surface area contributed by atoms with E-state index < -0.39 is 10.0 Å². The molecule has 0 radical (unpaired) electrons. The Morgan fingerprint density at radius 3 is 1.33 bits per heavy atom. The number of hydrogen-bond acceptors (Lipinski definition) is 1. The van der Waals surface area contributed by atoms with Crippen molar-refractivity contribution >= 4 is 59.7 Å². The first kappa shape index (κ1) is 36.5. The summed E-state index contributed by atoms with van der Waals surface area (Å²) in [7, 11) is -1.90. The van der Waals surface area contributed by atoms with Crippen molar-refractivity contribution in [3.8, 4) is 16.8 Å². The molecule has 0 spiro atoms. The molecule has 10 aromatic carbocycles. The largest absolute Gasteiger partial charge is 0.310 e. The smallest absolute Gasteiger partial charge is 0.0541 e. The van der Waals surface area contributed by atoms with Gasteiger partial charge in [-0.05, 0) is 125 Å². The van der Waals surface area contributed by atoms with Gasteiger partial charge in [-0.3, -0.25) is 0 Å². The van der Waals surface area contributed by atoms with Crippen LogP contribution in [0.15, 0.2) is 274 Å². The van der Waals surface area contributed by atoms with Crippen LogP contribution in [-0.2, 0) is 0 Å². The second-order valence-corrected chi connectivity index (χ2v) is 18.5. The van der Waals surface area contributed by atoms with Gasteiger partial charge < -0.3 is 9.47 Å². The average molecular weight is 799 g/mol. The van der Waals surface area contributed by atoms with E-state index in [1.165, 1.54) is 63.3 Å². The zero-order valence-corrected chi connectivity index (χ0v) is 34.4. The molecule has 61 heavy (non-hydrogen) atoms. The Kier molecular flexibility index (Phi) is 9.30. The first-order valence-corrected chi connectivity index (χ1v) is 22.5. The highest BCUT2D eigenvalue weighted by atomic mass is 32.3. The van der Waals surface area contributed by atoms with Crippen LogP contribution < -0.4 is 4.90 Å². The summed E-state index contributed by atoms with van der Waals surface area (Å²) < 4.78 is 2.38. The molecule has 290 valence electrons. The maximum Gasteiger partial charge on any atom is 0.0541 e. The van der Waals surface area contributed by atoms with Crippen LogP contribution in [0.5, 0.6) is 0 Å². The lowest BCUT2D eigenvalue weighted by atomic mass is 9.98. The van der Waals surface area contributed by atoms with Crippen molar-refractivity contribution in [1.29, 1.82) is 0 Å². The predicted octanol–water partition coefficient (Wildman–Crippen LogP) is 16.4. The van der Waals surface area contributed by atoms with Gasteiger partial charge in [-0.2, -0.15) is 0 Å². The Balaban J connectivity index is 1.10. The fourth-order valence-electron chi connectivity index (χ4n) is 9.17. The number of benzene rings is 10. The lowest BCUT2D eigenvalue weighted by Crippen LogP contribution is -2.11. The van der Waals surface area contributed by atoms with E-state index in [4.69, 9.17) is 0 Å². The normalized spacial score (nSPS) is 11.9. The van der Waals surface area contributed by atoms with Gasteiger partial charge in [0.25, 0.3) is 0 Å². The van der Waals surface area contributed by atoms with Gasteiger partial charge in [0, 0.05) is 53.1 Å². The van der Waals surface area contributed by atoms with Gasteiger partial charge in [-0.1, -0.05) is 152 Å². The van der Waals surface area contributed by atoms with Crippen molar-refractivity contribution in [2.24, 2.45) is 0 Å². The van der Waals surface area contributed by atoms with E-state index in [0.29, 0.717) is 0 Å². The molecule has 0 saturated carbocycles. The highest BCUT2D eigenvalue weighted by molar-refractivity contribution is 8.34. The second-order valence-electron chi connectivity index (χ2n) is 15.3. The molecule has 0 atom stereocenters. The summed E-state index contributed by atoms with van der Waals surface area (Å²) in [6, 6.07) is 93.3. The average Bonchev–Trinajstić information content (AvgIpc) is 3.68. The minimum atomic E-state index is -1.90. The van der Waals surface area contributed by atoms with Crippen LogP contribution in [0.3, 0.4) is 0 Å². The second kappa shape index (κ2) is 15.5. The van der Waals surface area contributed by atoms with Crippen LogP contribution in [0.2, 0.25) is 0 Å². The number of anilines is 3. The molecule has 0 aliphatic rings. The monoisotopic (exact) mass is 798 g/mol. The lowest BCUT2D eigenvalue weighted by molar-refractivity contribution is 1.17. The molecule has 11 rings (SSSR count). The van der Waals surface area contributed by atoms with Crippen LogP contribution in [0.1, 0.15) is 0 Å². The summed E-state index contributed by atoms with van der Waals surface area (Å²) in [5, 5.41) is 5.01. The van der Waals surface area contributed by atoms with Gasteiger partial charge in [-0.25, -0.2) is 0 Å². The third kappa shape index (κ3) is 6.30. The van der Waals surface area contributed by atoms with Gasteiger partial charge in [0.2, 0.25) is 0 Å². The van der Waals surface area contributed by atoms with Crippen LogP contribution in [-0.4, -0.2) is 4.57 Å². The quantitative estimate of drug-likeness (QED) is 0.141. The van der Waals surface area contributed by atoms with E-state index >= 15 is 0 Å². The maximum absolute atomic E-state index is 2.43. The zero-order chi connectivity index (χ0) is 40.6. The van der Waals surface area contributed by atoms with Crippen LogP contribution in [0, 0.1) is 0 Å². The molecule has 0 aliphatic heterocycles. The molecular weight excluding hydrogens is 757 g/mol. The number of hydrogen-bond donors (Lipinski definition) is 0. The van der Waals surface area contributed by atoms with E-state index in [2.05, 4.69) is 264 Å². The van der Waals surface area contributed by atoms with Gasteiger partial charge in [0.15, 0.2) is 0 Å². The minimum absolute atomic E-state index is 1.08. The van der Waals surface area contributed by atoms with Crippen molar-refractivity contribution in [2.75, 3.05) is 4.90 Å². The van der Waals surface area contributed by atoms with Gasteiger partial charge in [0.1, 0.15) is 0 Å². The minimum Gasteiger partial charge on any atom is -0.310 e. The predicted molar refractivity (Wildman–Crippen MR) is 258 cm³/mol. The van der Waals surface area contributed by atoms with Crippen molar-refractivity contribution in [3.05, 3.63) is 255 Å². The highest BCUT2D eigenvalue weighted by Crippen LogP contribution is 2.73. The fraction of sp³-hybridized carbons (Fsp3) is 0. The van der Waals surface area contributed by atoms with Crippen LogP contribution in [0.4, 0.5) is 17.1 Å². The molecule has 0 unspecified atom stereocenters. The summed E-state index contributed by atoms with van der Waals surface area (Å²) in [6.45, 7) is 0. The van der Waals surface area contributed by atoms with E-state index in [1.807, 2.05) is 0 Å². The molecule has 0 bridgehead atoms. The maximum atomic E-state index is 2.43. The van der Waals surface area contributed by atoms with Crippen LogP contribution in [0.25, 0.3) is 49.4 Å². The third-order valence-corrected chi connectivity index (χ3v) is 15.8. The molecule has 0 aliphatic carbocycles. The zero-order valence-electron chi connectivity index (χ0n) is 33.6. The molecule has 2 nitrogen and oxygen atoms in total. The Morgan fingerprint density at radius 1 is 0.311 bits per heavy atom. The molecule has 11 aromatic rings.